The Morgan fingerprint density at radius 1 is 0.704 bits per heavy atom. The minimum Gasteiger partial charge on any atom is -0.550 e. The Labute approximate surface area is 171 Å². The maximum absolute atomic E-state index is 11.0. The number of quaternary nitrogens is 1. The third kappa shape index (κ3) is 18.6. The first-order valence-corrected chi connectivity index (χ1v) is 11.9. The van der Waals surface area contributed by atoms with E-state index in [-0.39, 0.29) is 5.92 Å². The van der Waals surface area contributed by atoms with Crippen molar-refractivity contribution in [2.75, 3.05) is 6.54 Å². The van der Waals surface area contributed by atoms with Gasteiger partial charge in [-0.2, -0.15) is 0 Å². The second kappa shape index (κ2) is 20.2. The molecule has 27 heavy (non-hydrogen) atoms. The SMILES string of the molecule is CCCCCCCCC(CCCCCC)C(=O)[O-].CC[NH+](C(C)C)C(C)C. The Balaban J connectivity index is 0. The van der Waals surface area contributed by atoms with E-state index in [1.807, 2.05) is 0 Å². The lowest BCUT2D eigenvalue weighted by Crippen LogP contribution is -3.17. The monoisotopic (exact) mass is 385 g/mol. The van der Waals surface area contributed by atoms with Gasteiger partial charge in [-0.15, -0.1) is 0 Å². The number of carbonyl (C=O) groups excluding carboxylic acids is 1. The number of nitrogens with one attached hydrogen (secondary N) is 1. The van der Waals surface area contributed by atoms with Crippen LogP contribution < -0.4 is 10.0 Å². The second-order valence-corrected chi connectivity index (χ2v) is 8.66. The van der Waals surface area contributed by atoms with E-state index < -0.39 is 5.97 Å². The molecule has 0 aliphatic heterocycles. The summed E-state index contributed by atoms with van der Waals surface area (Å²) in [5, 5.41) is 11.0. The fourth-order valence-electron chi connectivity index (χ4n) is 3.85. The molecular weight excluding hydrogens is 334 g/mol. The van der Waals surface area contributed by atoms with Crippen molar-refractivity contribution in [2.45, 2.75) is 138 Å². The van der Waals surface area contributed by atoms with Gasteiger partial charge in [0.05, 0.1) is 18.6 Å². The summed E-state index contributed by atoms with van der Waals surface area (Å²) in [5.41, 5.74) is 0. The van der Waals surface area contributed by atoms with E-state index in [1.165, 1.54) is 51.5 Å². The quantitative estimate of drug-likeness (QED) is 0.389. The minimum atomic E-state index is -0.833. The van der Waals surface area contributed by atoms with E-state index in [1.54, 1.807) is 4.90 Å². The van der Waals surface area contributed by atoms with Gasteiger partial charge in [0.15, 0.2) is 0 Å². The van der Waals surface area contributed by atoms with Gasteiger partial charge in [-0.05, 0) is 53.4 Å². The van der Waals surface area contributed by atoms with Crippen LogP contribution in [0.1, 0.15) is 126 Å². The zero-order valence-electron chi connectivity index (χ0n) is 19.7. The number of aliphatic carboxylic acids is 1. The number of carboxylic acid groups (broad SMARTS) is 1. The highest BCUT2D eigenvalue weighted by Crippen LogP contribution is 2.18. The molecule has 0 rings (SSSR count). The molecule has 0 aromatic heterocycles. The predicted octanol–water partition coefficient (Wildman–Crippen LogP) is 4.78. The van der Waals surface area contributed by atoms with E-state index in [9.17, 15) is 9.90 Å². The largest absolute Gasteiger partial charge is 0.550 e. The first-order valence-electron chi connectivity index (χ1n) is 11.9. The number of hydrogen-bond donors (Lipinski definition) is 1. The normalized spacial score (nSPS) is 12.4. The first-order chi connectivity index (χ1) is 12.8. The first kappa shape index (κ1) is 28.6. The zero-order chi connectivity index (χ0) is 21.1. The summed E-state index contributed by atoms with van der Waals surface area (Å²) in [6.45, 7) is 17.0. The summed E-state index contributed by atoms with van der Waals surface area (Å²) in [4.78, 5) is 12.7. The van der Waals surface area contributed by atoms with Gasteiger partial charge in [-0.3, -0.25) is 0 Å². The second-order valence-electron chi connectivity index (χ2n) is 8.66. The van der Waals surface area contributed by atoms with Crippen molar-refractivity contribution in [1.29, 1.82) is 0 Å². The van der Waals surface area contributed by atoms with Gasteiger partial charge >= 0.3 is 0 Å². The van der Waals surface area contributed by atoms with Gasteiger partial charge in [0.1, 0.15) is 0 Å². The van der Waals surface area contributed by atoms with E-state index in [4.69, 9.17) is 0 Å². The zero-order valence-corrected chi connectivity index (χ0v) is 19.7. The van der Waals surface area contributed by atoms with Crippen molar-refractivity contribution >= 4 is 5.97 Å². The molecule has 0 aromatic carbocycles. The maximum Gasteiger partial charge on any atom is 0.0819 e. The van der Waals surface area contributed by atoms with Crippen molar-refractivity contribution in [1.82, 2.24) is 0 Å². The van der Waals surface area contributed by atoms with Crippen LogP contribution in [0.25, 0.3) is 0 Å². The third-order valence-corrected chi connectivity index (χ3v) is 5.54. The molecule has 0 aromatic rings. The molecule has 0 fully saturated rings. The van der Waals surface area contributed by atoms with Crippen molar-refractivity contribution in [2.24, 2.45) is 5.92 Å². The molecule has 0 radical (unpaired) electrons. The van der Waals surface area contributed by atoms with Crippen molar-refractivity contribution in [3.05, 3.63) is 0 Å². The van der Waals surface area contributed by atoms with Crippen molar-refractivity contribution in [3.8, 4) is 0 Å². The summed E-state index contributed by atoms with van der Waals surface area (Å²) in [5.74, 6) is -1.03. The van der Waals surface area contributed by atoms with E-state index in [0.717, 1.165) is 44.2 Å². The molecule has 164 valence electrons. The van der Waals surface area contributed by atoms with Gasteiger partial charge in [-0.1, -0.05) is 78.1 Å². The number of unbranched alkanes of at least 4 members (excludes halogenated alkanes) is 8. The van der Waals surface area contributed by atoms with Crippen LogP contribution in [0, 0.1) is 5.92 Å². The van der Waals surface area contributed by atoms with Crippen LogP contribution >= 0.6 is 0 Å². The number of carboxylic acids is 1. The highest BCUT2D eigenvalue weighted by Gasteiger charge is 2.13. The standard InChI is InChI=1S/C16H32O2.C8H19N/c1-3-5-7-9-10-12-14-15(16(17)18)13-11-8-6-4-2;1-6-9(7(2)3)8(4)5/h15H,3-14H2,1-2H3,(H,17,18);7-8H,6H2,1-5H3. The summed E-state index contributed by atoms with van der Waals surface area (Å²) >= 11 is 0. The van der Waals surface area contributed by atoms with E-state index in [2.05, 4.69) is 48.5 Å². The van der Waals surface area contributed by atoms with Gasteiger partial charge in [0.2, 0.25) is 0 Å². The third-order valence-electron chi connectivity index (χ3n) is 5.54. The molecule has 3 nitrogen and oxygen atoms in total. The lowest BCUT2D eigenvalue weighted by atomic mass is 9.94. The van der Waals surface area contributed by atoms with Crippen LogP contribution in [0.15, 0.2) is 0 Å². The van der Waals surface area contributed by atoms with Crippen LogP contribution in [0.5, 0.6) is 0 Å². The molecule has 0 spiro atoms. The van der Waals surface area contributed by atoms with Crippen LogP contribution in [0.2, 0.25) is 0 Å². The molecule has 0 amide bonds. The Hall–Kier alpha value is -0.570. The maximum atomic E-state index is 11.0. The van der Waals surface area contributed by atoms with E-state index in [0.29, 0.717) is 0 Å². The average Bonchev–Trinajstić information content (AvgIpc) is 2.59. The summed E-state index contributed by atoms with van der Waals surface area (Å²) < 4.78 is 0. The van der Waals surface area contributed by atoms with Crippen LogP contribution in [-0.4, -0.2) is 24.6 Å². The molecule has 0 heterocycles. The fraction of sp³-hybridized carbons (Fsp3) is 0.958. The Morgan fingerprint density at radius 2 is 1.07 bits per heavy atom. The molecule has 0 saturated carbocycles. The molecule has 0 saturated heterocycles. The van der Waals surface area contributed by atoms with Crippen LogP contribution in [-0.2, 0) is 4.79 Å². The molecule has 1 unspecified atom stereocenters. The van der Waals surface area contributed by atoms with E-state index >= 15 is 0 Å². The predicted molar refractivity (Wildman–Crippen MR) is 117 cm³/mol. The molecule has 0 bridgehead atoms. The smallest absolute Gasteiger partial charge is 0.0819 e. The van der Waals surface area contributed by atoms with Crippen molar-refractivity contribution in [3.63, 3.8) is 0 Å². The van der Waals surface area contributed by atoms with Crippen LogP contribution in [0.3, 0.4) is 0 Å². The summed E-state index contributed by atoms with van der Waals surface area (Å²) in [7, 11) is 0. The highest BCUT2D eigenvalue weighted by molar-refractivity contribution is 5.67. The average molecular weight is 386 g/mol. The topological polar surface area (TPSA) is 44.6 Å². The van der Waals surface area contributed by atoms with Gasteiger partial charge in [0, 0.05) is 5.97 Å². The van der Waals surface area contributed by atoms with Gasteiger partial charge in [-0.25, -0.2) is 0 Å². The lowest BCUT2D eigenvalue weighted by Gasteiger charge is -2.25. The van der Waals surface area contributed by atoms with Gasteiger partial charge in [0.25, 0.3) is 0 Å². The Morgan fingerprint density at radius 3 is 1.37 bits per heavy atom. The summed E-state index contributed by atoms with van der Waals surface area (Å²) in [6, 6.07) is 1.55. The molecule has 3 heteroatoms. The molecule has 1 atom stereocenters. The number of hydrogen-bond acceptors (Lipinski definition) is 2. The van der Waals surface area contributed by atoms with Crippen molar-refractivity contribution < 1.29 is 14.8 Å². The lowest BCUT2D eigenvalue weighted by molar-refractivity contribution is -0.940. The fourth-order valence-corrected chi connectivity index (χ4v) is 3.85. The Kier molecular flexibility index (Phi) is 21.4. The number of rotatable bonds is 16. The highest BCUT2D eigenvalue weighted by atomic mass is 16.4. The molecular formula is C24H51NO2. The van der Waals surface area contributed by atoms with Crippen LogP contribution in [0.4, 0.5) is 0 Å². The molecule has 1 N–H and O–H groups in total. The Bertz CT molecular complexity index is 308. The minimum absolute atomic E-state index is 0.201. The molecule has 0 aliphatic rings. The van der Waals surface area contributed by atoms with Gasteiger partial charge < -0.3 is 14.8 Å². The molecule has 0 aliphatic carbocycles. The number of carbonyl (C=O) groups is 1. The summed E-state index contributed by atoms with van der Waals surface area (Å²) in [6.07, 6.45) is 13.6.